The maximum atomic E-state index is 3.64. The van der Waals surface area contributed by atoms with E-state index in [1.165, 1.54) is 0 Å². The first-order valence-electron chi connectivity index (χ1n) is 1.85. The molecule has 0 aromatic carbocycles. The maximum Gasteiger partial charge on any atom is 0.0924 e. The van der Waals surface area contributed by atoms with E-state index in [0.29, 0.717) is 0 Å². The molecule has 0 saturated carbocycles. The highest BCUT2D eigenvalue weighted by molar-refractivity contribution is 8.13. The fourth-order valence-electron chi connectivity index (χ4n) is 0.140. The lowest BCUT2D eigenvalue weighted by molar-refractivity contribution is 1.27. The van der Waals surface area contributed by atoms with E-state index in [0.717, 1.165) is 5.04 Å². The van der Waals surface area contributed by atoms with Crippen LogP contribution in [0.4, 0.5) is 0 Å². The van der Waals surface area contributed by atoms with Gasteiger partial charge in [-0.1, -0.05) is 0 Å². The quantitative estimate of drug-likeness (QED) is 0.288. The molecule has 2 nitrogen and oxygen atoms in total. The average molecular weight is 116 g/mol. The first-order chi connectivity index (χ1) is 3.31. The summed E-state index contributed by atoms with van der Waals surface area (Å²) in [7, 11) is 0. The van der Waals surface area contributed by atoms with E-state index in [4.69, 9.17) is 0 Å². The zero-order chi connectivity index (χ0) is 5.70. The summed E-state index contributed by atoms with van der Waals surface area (Å²) in [6, 6.07) is 0. The lowest BCUT2D eigenvalue weighted by atomic mass is 10.9. The van der Waals surface area contributed by atoms with E-state index in [1.54, 1.807) is 11.8 Å². The summed E-state index contributed by atoms with van der Waals surface area (Å²) >= 11 is 1.57. The zero-order valence-electron chi connectivity index (χ0n) is 4.51. The molecule has 3 heteroatoms. The van der Waals surface area contributed by atoms with Crippen molar-refractivity contribution in [3.8, 4) is 0 Å². The van der Waals surface area contributed by atoms with Crippen molar-refractivity contribution in [3.05, 3.63) is 0 Å². The fourth-order valence-corrected chi connectivity index (χ4v) is 0.280. The molecule has 0 aliphatic heterocycles. The van der Waals surface area contributed by atoms with E-state index in [-0.39, 0.29) is 0 Å². The van der Waals surface area contributed by atoms with Crippen LogP contribution in [0.25, 0.3) is 0 Å². The predicted molar refractivity (Wildman–Crippen MR) is 36.2 cm³/mol. The van der Waals surface area contributed by atoms with Crippen molar-refractivity contribution in [1.82, 2.24) is 0 Å². The number of hydrogen-bond acceptors (Lipinski definition) is 3. The van der Waals surface area contributed by atoms with Crippen LogP contribution in [-0.4, -0.2) is 18.0 Å². The third kappa shape index (κ3) is 3.52. The van der Waals surface area contributed by atoms with Crippen LogP contribution in [0.2, 0.25) is 0 Å². The number of hydrogen-bond donors (Lipinski definition) is 0. The summed E-state index contributed by atoms with van der Waals surface area (Å²) in [6.07, 6.45) is 1.95. The van der Waals surface area contributed by atoms with Crippen LogP contribution in [0.1, 0.15) is 6.92 Å². The molecule has 7 heavy (non-hydrogen) atoms. The van der Waals surface area contributed by atoms with Crippen molar-refractivity contribution in [2.24, 2.45) is 10.2 Å². The Morgan fingerprint density at radius 3 is 2.43 bits per heavy atom. The van der Waals surface area contributed by atoms with Crippen LogP contribution >= 0.6 is 11.8 Å². The smallest absolute Gasteiger partial charge is 0.0924 e. The maximum absolute atomic E-state index is 3.64. The molecule has 0 fully saturated rings. The normalized spacial score (nSPS) is 11.4. The standard InChI is InChI=1S/C4H8N2S/c1-4(7-3)6-5-2/h2H2,1,3H3/b6-4-. The van der Waals surface area contributed by atoms with Crippen molar-refractivity contribution < 1.29 is 0 Å². The molecular formula is C4H8N2S. The molecule has 0 spiro atoms. The van der Waals surface area contributed by atoms with Crippen LogP contribution in [0.3, 0.4) is 0 Å². The molecule has 0 aliphatic carbocycles. The Bertz CT molecular complexity index is 87.7. The van der Waals surface area contributed by atoms with Crippen molar-refractivity contribution >= 4 is 23.5 Å². The van der Waals surface area contributed by atoms with Crippen LogP contribution in [0.5, 0.6) is 0 Å². The lowest BCUT2D eigenvalue weighted by Gasteiger charge is -1.83. The van der Waals surface area contributed by atoms with Crippen molar-refractivity contribution in [3.63, 3.8) is 0 Å². The Hall–Kier alpha value is -0.310. The van der Waals surface area contributed by atoms with Gasteiger partial charge < -0.3 is 0 Å². The van der Waals surface area contributed by atoms with Gasteiger partial charge >= 0.3 is 0 Å². The molecule has 0 aromatic heterocycles. The minimum Gasteiger partial charge on any atom is -0.166 e. The van der Waals surface area contributed by atoms with Gasteiger partial charge in [-0.15, -0.1) is 16.9 Å². The molecule has 40 valence electrons. The van der Waals surface area contributed by atoms with Crippen LogP contribution < -0.4 is 0 Å². The molecule has 0 bridgehead atoms. The molecular weight excluding hydrogens is 108 g/mol. The highest BCUT2D eigenvalue weighted by atomic mass is 32.2. The second kappa shape index (κ2) is 3.87. The summed E-state index contributed by atoms with van der Waals surface area (Å²) in [5.74, 6) is 0. The van der Waals surface area contributed by atoms with Crippen LogP contribution in [0.15, 0.2) is 10.2 Å². The molecule has 0 atom stereocenters. The van der Waals surface area contributed by atoms with Gasteiger partial charge in [-0.3, -0.25) is 0 Å². The third-order valence-electron chi connectivity index (χ3n) is 0.507. The molecule has 0 rings (SSSR count). The van der Waals surface area contributed by atoms with Crippen molar-refractivity contribution in [2.75, 3.05) is 6.26 Å². The summed E-state index contributed by atoms with van der Waals surface area (Å²) < 4.78 is 0. The number of nitrogens with zero attached hydrogens (tertiary/aromatic N) is 2. The van der Waals surface area contributed by atoms with Gasteiger partial charge in [0.05, 0.1) is 5.04 Å². The fraction of sp³-hybridized carbons (Fsp3) is 0.500. The highest BCUT2D eigenvalue weighted by Crippen LogP contribution is 1.94. The summed E-state index contributed by atoms with van der Waals surface area (Å²) in [5.41, 5.74) is 0. The molecule has 0 saturated heterocycles. The molecule has 0 aliphatic rings. The van der Waals surface area contributed by atoms with Gasteiger partial charge in [-0.2, -0.15) is 5.10 Å². The van der Waals surface area contributed by atoms with E-state index in [1.807, 2.05) is 13.2 Å². The monoisotopic (exact) mass is 116 g/mol. The second-order valence-electron chi connectivity index (χ2n) is 0.965. The van der Waals surface area contributed by atoms with Gasteiger partial charge in [-0.05, 0) is 13.2 Å². The van der Waals surface area contributed by atoms with Gasteiger partial charge in [0, 0.05) is 6.72 Å². The van der Waals surface area contributed by atoms with Gasteiger partial charge in [0.25, 0.3) is 0 Å². The Kier molecular flexibility index (Phi) is 3.69. The van der Waals surface area contributed by atoms with Gasteiger partial charge in [0.1, 0.15) is 0 Å². The molecule has 0 N–H and O–H groups in total. The Morgan fingerprint density at radius 1 is 1.71 bits per heavy atom. The molecule has 0 heterocycles. The molecule has 0 amide bonds. The first-order valence-corrected chi connectivity index (χ1v) is 3.08. The van der Waals surface area contributed by atoms with Crippen molar-refractivity contribution in [2.45, 2.75) is 6.92 Å². The Balaban J connectivity index is 3.49. The molecule has 0 aromatic rings. The average Bonchev–Trinajstić information content (AvgIpc) is 1.68. The van der Waals surface area contributed by atoms with Crippen molar-refractivity contribution in [1.29, 1.82) is 0 Å². The third-order valence-corrected chi connectivity index (χ3v) is 1.18. The summed E-state index contributed by atoms with van der Waals surface area (Å²) in [4.78, 5) is 0. The first kappa shape index (κ1) is 6.69. The number of thioether (sulfide) groups is 1. The highest BCUT2D eigenvalue weighted by Gasteiger charge is 1.78. The number of rotatable bonds is 1. The second-order valence-corrected chi connectivity index (χ2v) is 1.96. The zero-order valence-corrected chi connectivity index (χ0v) is 5.33. The summed E-state index contributed by atoms with van der Waals surface area (Å²) in [5, 5.41) is 7.90. The minimum atomic E-state index is 0.940. The lowest BCUT2D eigenvalue weighted by Crippen LogP contribution is -1.75. The van der Waals surface area contributed by atoms with E-state index < -0.39 is 0 Å². The van der Waals surface area contributed by atoms with Gasteiger partial charge in [-0.25, -0.2) is 0 Å². The SMILES string of the molecule is C=N/N=C(/C)SC. The molecule has 0 radical (unpaired) electrons. The Labute approximate surface area is 47.7 Å². The van der Waals surface area contributed by atoms with E-state index in [2.05, 4.69) is 16.9 Å². The topological polar surface area (TPSA) is 24.7 Å². The van der Waals surface area contributed by atoms with E-state index >= 15 is 0 Å². The van der Waals surface area contributed by atoms with Crippen LogP contribution in [0, 0.1) is 0 Å². The predicted octanol–water partition coefficient (Wildman–Crippen LogP) is 1.38. The van der Waals surface area contributed by atoms with Gasteiger partial charge in [0.15, 0.2) is 0 Å². The Morgan fingerprint density at radius 2 is 2.29 bits per heavy atom. The van der Waals surface area contributed by atoms with Gasteiger partial charge in [0.2, 0.25) is 0 Å². The van der Waals surface area contributed by atoms with E-state index in [9.17, 15) is 0 Å². The minimum absolute atomic E-state index is 0.940. The van der Waals surface area contributed by atoms with Crippen LogP contribution in [-0.2, 0) is 0 Å². The molecule has 0 unspecified atom stereocenters. The largest absolute Gasteiger partial charge is 0.166 e. The summed E-state index contributed by atoms with van der Waals surface area (Å²) in [6.45, 7) is 5.09.